The summed E-state index contributed by atoms with van der Waals surface area (Å²) in [4.78, 5) is 37.0. The third-order valence-corrected chi connectivity index (χ3v) is 5.78. The fourth-order valence-electron chi connectivity index (χ4n) is 3.77. The van der Waals surface area contributed by atoms with E-state index in [0.29, 0.717) is 24.3 Å². The molecule has 0 bridgehead atoms. The summed E-state index contributed by atoms with van der Waals surface area (Å²) in [7, 11) is 0. The summed E-state index contributed by atoms with van der Waals surface area (Å²) in [5.74, 6) is -0.353. The van der Waals surface area contributed by atoms with Crippen LogP contribution >= 0.6 is 0 Å². The van der Waals surface area contributed by atoms with Crippen molar-refractivity contribution in [1.29, 1.82) is 0 Å². The van der Waals surface area contributed by atoms with Crippen LogP contribution in [0.1, 0.15) is 49.5 Å². The highest BCUT2D eigenvalue weighted by molar-refractivity contribution is 5.96. The van der Waals surface area contributed by atoms with Crippen molar-refractivity contribution >= 4 is 22.8 Å². The lowest BCUT2D eigenvalue weighted by Gasteiger charge is -2.19. The number of hydrogen-bond acceptors (Lipinski definition) is 7. The Labute approximate surface area is 203 Å². The van der Waals surface area contributed by atoms with Gasteiger partial charge >= 0.3 is 11.6 Å². The summed E-state index contributed by atoms with van der Waals surface area (Å²) in [6.45, 7) is 7.10. The van der Waals surface area contributed by atoms with E-state index in [-0.39, 0.29) is 35.0 Å². The molecule has 1 aliphatic heterocycles. The van der Waals surface area contributed by atoms with Gasteiger partial charge in [0, 0.05) is 24.6 Å². The largest absolute Gasteiger partial charge is 0.482 e. The molecule has 0 saturated carbocycles. The molecule has 4 rings (SSSR count). The van der Waals surface area contributed by atoms with Gasteiger partial charge in [0.1, 0.15) is 22.6 Å². The van der Waals surface area contributed by atoms with E-state index in [1.165, 1.54) is 12.1 Å². The second-order valence-electron chi connectivity index (χ2n) is 9.53. The lowest BCUT2D eigenvalue weighted by molar-refractivity contribution is -0.136. The van der Waals surface area contributed by atoms with Gasteiger partial charge in [-0.3, -0.25) is 4.79 Å². The number of hydrogen-bond donors (Lipinski definition) is 1. The van der Waals surface area contributed by atoms with Crippen LogP contribution in [-0.2, 0) is 14.9 Å². The van der Waals surface area contributed by atoms with Crippen molar-refractivity contribution in [2.45, 2.75) is 45.1 Å². The molecule has 8 heteroatoms. The summed E-state index contributed by atoms with van der Waals surface area (Å²) in [6, 6.07) is 13.6. The second-order valence-corrected chi connectivity index (χ2v) is 9.53. The predicted molar refractivity (Wildman–Crippen MR) is 130 cm³/mol. The Bertz CT molecular complexity index is 1270. The van der Waals surface area contributed by atoms with Gasteiger partial charge in [-0.15, -0.1) is 0 Å². The molecular weight excluding hydrogens is 450 g/mol. The predicted octanol–water partition coefficient (Wildman–Crippen LogP) is 3.98. The van der Waals surface area contributed by atoms with Crippen LogP contribution in [0.4, 0.5) is 0 Å². The summed E-state index contributed by atoms with van der Waals surface area (Å²) in [5, 5.41) is 3.24. The Morgan fingerprint density at radius 1 is 1.06 bits per heavy atom. The average Bonchev–Trinajstić information content (AvgIpc) is 3.34. The number of carbonyl (C=O) groups is 2. The van der Waals surface area contributed by atoms with Crippen LogP contribution in [-0.4, -0.2) is 37.7 Å². The second kappa shape index (κ2) is 10.3. The molecule has 1 unspecified atom stereocenters. The Morgan fingerprint density at radius 3 is 2.49 bits per heavy atom. The topological polar surface area (TPSA) is 104 Å². The van der Waals surface area contributed by atoms with E-state index in [1.807, 2.05) is 24.3 Å². The lowest BCUT2D eigenvalue weighted by atomic mass is 9.87. The molecule has 0 radical (unpaired) electrons. The molecule has 35 heavy (non-hydrogen) atoms. The third kappa shape index (κ3) is 6.27. The molecule has 8 nitrogen and oxygen atoms in total. The molecule has 1 saturated heterocycles. The van der Waals surface area contributed by atoms with E-state index in [4.69, 9.17) is 18.6 Å². The molecular formula is C27H29NO7. The first-order valence-electron chi connectivity index (χ1n) is 11.6. The SMILES string of the molecule is CC(C)(C)c1ccc(OCC(=O)Oc2ccc3cc(C(=O)NCC4CCCO4)c(=O)oc3c2)cc1. The quantitative estimate of drug-likeness (QED) is 0.310. The van der Waals surface area contributed by atoms with Crippen molar-refractivity contribution in [3.63, 3.8) is 0 Å². The fourth-order valence-corrected chi connectivity index (χ4v) is 3.77. The van der Waals surface area contributed by atoms with Gasteiger partial charge in [0.05, 0.1) is 6.10 Å². The minimum absolute atomic E-state index is 0.0253. The molecule has 184 valence electrons. The van der Waals surface area contributed by atoms with Crippen LogP contribution in [0.3, 0.4) is 0 Å². The first kappa shape index (κ1) is 24.5. The Hall–Kier alpha value is -3.65. The number of esters is 1. The van der Waals surface area contributed by atoms with Crippen molar-refractivity contribution in [1.82, 2.24) is 5.32 Å². The van der Waals surface area contributed by atoms with Crippen LogP contribution in [0.2, 0.25) is 0 Å². The molecule has 1 fully saturated rings. The van der Waals surface area contributed by atoms with Gasteiger partial charge in [0.2, 0.25) is 0 Å². The van der Waals surface area contributed by atoms with Crippen molar-refractivity contribution < 1.29 is 28.2 Å². The van der Waals surface area contributed by atoms with Crippen molar-refractivity contribution in [2.75, 3.05) is 19.8 Å². The highest BCUT2D eigenvalue weighted by Gasteiger charge is 2.19. The first-order chi connectivity index (χ1) is 16.7. The number of fused-ring (bicyclic) bond motifs is 1. The van der Waals surface area contributed by atoms with E-state index in [0.717, 1.165) is 18.4 Å². The highest BCUT2D eigenvalue weighted by Crippen LogP contribution is 2.24. The zero-order valence-corrected chi connectivity index (χ0v) is 20.1. The third-order valence-electron chi connectivity index (χ3n) is 5.78. The molecule has 1 atom stereocenters. The van der Waals surface area contributed by atoms with Gasteiger partial charge in [0.25, 0.3) is 5.91 Å². The monoisotopic (exact) mass is 479 g/mol. The molecule has 3 aromatic rings. The summed E-state index contributed by atoms with van der Waals surface area (Å²) in [6.07, 6.45) is 1.81. The molecule has 1 N–H and O–H groups in total. The van der Waals surface area contributed by atoms with Crippen molar-refractivity contribution in [2.24, 2.45) is 0 Å². The minimum atomic E-state index is -0.771. The summed E-state index contributed by atoms with van der Waals surface area (Å²) < 4.78 is 21.6. The molecule has 0 aliphatic carbocycles. The lowest BCUT2D eigenvalue weighted by Crippen LogP contribution is -2.34. The van der Waals surface area contributed by atoms with E-state index >= 15 is 0 Å². The van der Waals surface area contributed by atoms with Crippen molar-refractivity contribution in [3.8, 4) is 11.5 Å². The van der Waals surface area contributed by atoms with Crippen LogP contribution in [0.15, 0.2) is 57.7 Å². The fraction of sp³-hybridized carbons (Fsp3) is 0.370. The van der Waals surface area contributed by atoms with Crippen LogP contribution in [0.25, 0.3) is 11.0 Å². The molecule has 1 amide bonds. The van der Waals surface area contributed by atoms with E-state index in [2.05, 4.69) is 26.1 Å². The first-order valence-corrected chi connectivity index (χ1v) is 11.6. The zero-order chi connectivity index (χ0) is 25.0. The zero-order valence-electron chi connectivity index (χ0n) is 20.1. The smallest absolute Gasteiger partial charge is 0.349 e. The average molecular weight is 480 g/mol. The highest BCUT2D eigenvalue weighted by atomic mass is 16.6. The van der Waals surface area contributed by atoms with E-state index < -0.39 is 17.5 Å². The maximum atomic E-state index is 12.4. The Kier molecular flexibility index (Phi) is 7.21. The van der Waals surface area contributed by atoms with Crippen LogP contribution in [0.5, 0.6) is 11.5 Å². The number of benzene rings is 2. The molecule has 1 aromatic heterocycles. The summed E-state index contributed by atoms with van der Waals surface area (Å²) in [5.41, 5.74) is 0.527. The number of carbonyl (C=O) groups excluding carboxylic acids is 2. The van der Waals surface area contributed by atoms with Gasteiger partial charge in [-0.1, -0.05) is 32.9 Å². The number of rotatable bonds is 7. The van der Waals surface area contributed by atoms with Gasteiger partial charge in [-0.2, -0.15) is 0 Å². The number of nitrogens with one attached hydrogen (secondary N) is 1. The molecule has 1 aliphatic rings. The van der Waals surface area contributed by atoms with Crippen LogP contribution in [0, 0.1) is 0 Å². The van der Waals surface area contributed by atoms with E-state index in [1.54, 1.807) is 12.1 Å². The normalized spacial score (nSPS) is 15.7. The number of amides is 1. The van der Waals surface area contributed by atoms with Crippen LogP contribution < -0.4 is 20.4 Å². The van der Waals surface area contributed by atoms with Gasteiger partial charge in [-0.25, -0.2) is 9.59 Å². The number of ether oxygens (including phenoxy) is 3. The van der Waals surface area contributed by atoms with E-state index in [9.17, 15) is 14.4 Å². The van der Waals surface area contributed by atoms with Crippen molar-refractivity contribution in [3.05, 3.63) is 70.1 Å². The maximum absolute atomic E-state index is 12.4. The summed E-state index contributed by atoms with van der Waals surface area (Å²) >= 11 is 0. The molecule has 2 aromatic carbocycles. The molecule has 2 heterocycles. The molecule has 0 spiro atoms. The van der Waals surface area contributed by atoms with Gasteiger partial charge in [0.15, 0.2) is 6.61 Å². The standard InChI is InChI=1S/C27H29NO7/c1-27(2,3)18-7-10-19(11-8-18)33-16-24(29)34-20-9-6-17-13-22(26(31)35-23(17)14-20)25(30)28-15-21-5-4-12-32-21/h6-11,13-14,21H,4-5,12,15-16H2,1-3H3,(H,28,30). The minimum Gasteiger partial charge on any atom is -0.482 e. The van der Waals surface area contributed by atoms with Gasteiger partial charge in [-0.05, 0) is 54.2 Å². The Morgan fingerprint density at radius 2 is 1.80 bits per heavy atom. The Balaban J connectivity index is 1.36. The van der Waals surface area contributed by atoms with Gasteiger partial charge < -0.3 is 23.9 Å². The maximum Gasteiger partial charge on any atom is 0.349 e.